The SMILES string of the molecule is C#CCN(C1C=CCCC1)S(=O)(=O)c1ccccc1[N+](=O)[O-]. The molecule has 0 heterocycles. The summed E-state index contributed by atoms with van der Waals surface area (Å²) in [5, 5.41) is 11.1. The molecule has 1 unspecified atom stereocenters. The van der Waals surface area contributed by atoms with Crippen molar-refractivity contribution in [3.63, 3.8) is 0 Å². The molecule has 0 aliphatic heterocycles. The van der Waals surface area contributed by atoms with E-state index >= 15 is 0 Å². The van der Waals surface area contributed by atoms with Crippen molar-refractivity contribution in [3.05, 3.63) is 46.5 Å². The van der Waals surface area contributed by atoms with Crippen LogP contribution in [-0.2, 0) is 10.0 Å². The largest absolute Gasteiger partial charge is 0.289 e. The maximum absolute atomic E-state index is 12.8. The van der Waals surface area contributed by atoms with E-state index in [9.17, 15) is 18.5 Å². The van der Waals surface area contributed by atoms with E-state index in [0.29, 0.717) is 6.42 Å². The zero-order valence-electron chi connectivity index (χ0n) is 11.9. The Kier molecular flexibility index (Phi) is 4.96. The molecule has 0 saturated heterocycles. The average molecular weight is 320 g/mol. The maximum Gasteiger partial charge on any atom is 0.289 e. The first-order chi connectivity index (χ1) is 10.5. The Morgan fingerprint density at radius 3 is 2.73 bits per heavy atom. The summed E-state index contributed by atoms with van der Waals surface area (Å²) in [4.78, 5) is 10.1. The molecule has 0 saturated carbocycles. The van der Waals surface area contributed by atoms with E-state index in [2.05, 4.69) is 5.92 Å². The highest BCUT2D eigenvalue weighted by molar-refractivity contribution is 7.89. The molecular formula is C15H16N2O4S. The highest BCUT2D eigenvalue weighted by Crippen LogP contribution is 2.29. The van der Waals surface area contributed by atoms with Gasteiger partial charge < -0.3 is 0 Å². The number of terminal acetylenes is 1. The highest BCUT2D eigenvalue weighted by atomic mass is 32.2. The van der Waals surface area contributed by atoms with E-state index < -0.39 is 20.6 Å². The van der Waals surface area contributed by atoms with Crippen molar-refractivity contribution in [2.24, 2.45) is 0 Å². The Balaban J connectivity index is 2.51. The number of nitro benzene ring substituents is 1. The Morgan fingerprint density at radius 2 is 2.14 bits per heavy atom. The molecule has 0 radical (unpaired) electrons. The number of nitro groups is 1. The van der Waals surface area contributed by atoms with Crippen LogP contribution >= 0.6 is 0 Å². The molecule has 0 aromatic heterocycles. The molecule has 22 heavy (non-hydrogen) atoms. The van der Waals surface area contributed by atoms with Crippen LogP contribution < -0.4 is 0 Å². The van der Waals surface area contributed by atoms with Crippen LogP contribution in [0.1, 0.15) is 19.3 Å². The molecule has 6 nitrogen and oxygen atoms in total. The van der Waals surface area contributed by atoms with E-state index in [4.69, 9.17) is 6.42 Å². The van der Waals surface area contributed by atoms with Gasteiger partial charge in [0.25, 0.3) is 15.7 Å². The molecule has 1 atom stereocenters. The van der Waals surface area contributed by atoms with Crippen molar-refractivity contribution in [1.82, 2.24) is 4.31 Å². The summed E-state index contributed by atoms with van der Waals surface area (Å²) in [5.74, 6) is 2.33. The van der Waals surface area contributed by atoms with Gasteiger partial charge in [-0.1, -0.05) is 30.2 Å². The first-order valence-corrected chi connectivity index (χ1v) is 8.28. The second-order valence-electron chi connectivity index (χ2n) is 4.91. The molecule has 1 aromatic carbocycles. The molecule has 2 rings (SSSR count). The number of hydrogen-bond donors (Lipinski definition) is 0. The maximum atomic E-state index is 12.8. The number of sulfonamides is 1. The first-order valence-electron chi connectivity index (χ1n) is 6.84. The van der Waals surface area contributed by atoms with Gasteiger partial charge in [-0.3, -0.25) is 10.1 Å². The van der Waals surface area contributed by atoms with Crippen LogP contribution in [0.25, 0.3) is 0 Å². The lowest BCUT2D eigenvalue weighted by atomic mass is 10.0. The third kappa shape index (κ3) is 3.18. The molecule has 116 valence electrons. The molecule has 1 aliphatic rings. The average Bonchev–Trinajstić information content (AvgIpc) is 2.53. The Morgan fingerprint density at radius 1 is 1.41 bits per heavy atom. The Bertz CT molecular complexity index is 734. The monoisotopic (exact) mass is 320 g/mol. The zero-order valence-corrected chi connectivity index (χ0v) is 12.7. The molecule has 0 spiro atoms. The molecule has 1 aliphatic carbocycles. The highest BCUT2D eigenvalue weighted by Gasteiger charge is 2.34. The molecule has 1 aromatic rings. The van der Waals surface area contributed by atoms with E-state index in [-0.39, 0.29) is 17.5 Å². The van der Waals surface area contributed by atoms with Gasteiger partial charge in [0, 0.05) is 12.1 Å². The van der Waals surface area contributed by atoms with Gasteiger partial charge in [-0.05, 0) is 25.3 Å². The minimum Gasteiger partial charge on any atom is -0.258 e. The minimum absolute atomic E-state index is 0.122. The van der Waals surface area contributed by atoms with Crippen molar-refractivity contribution in [2.75, 3.05) is 6.54 Å². The molecule has 0 N–H and O–H groups in total. The number of allylic oxidation sites excluding steroid dienone is 1. The topological polar surface area (TPSA) is 80.5 Å². The van der Waals surface area contributed by atoms with E-state index in [1.807, 2.05) is 6.08 Å². The van der Waals surface area contributed by atoms with Gasteiger partial charge in [-0.15, -0.1) is 6.42 Å². The van der Waals surface area contributed by atoms with Crippen LogP contribution in [0.5, 0.6) is 0 Å². The quantitative estimate of drug-likeness (QED) is 0.361. The lowest BCUT2D eigenvalue weighted by Gasteiger charge is -2.28. The molecule has 0 fully saturated rings. The van der Waals surface area contributed by atoms with Crippen molar-refractivity contribution < 1.29 is 13.3 Å². The lowest BCUT2D eigenvalue weighted by molar-refractivity contribution is -0.387. The normalized spacial score (nSPS) is 18.1. The summed E-state index contributed by atoms with van der Waals surface area (Å²) in [6.07, 6.45) is 11.4. The van der Waals surface area contributed by atoms with Crippen LogP contribution in [0.3, 0.4) is 0 Å². The second-order valence-corrected chi connectivity index (χ2v) is 6.76. The van der Waals surface area contributed by atoms with Crippen LogP contribution in [0.4, 0.5) is 5.69 Å². The number of rotatable bonds is 5. The van der Waals surface area contributed by atoms with Gasteiger partial charge in [0.1, 0.15) is 0 Å². The van der Waals surface area contributed by atoms with Gasteiger partial charge in [0.05, 0.1) is 11.5 Å². The van der Waals surface area contributed by atoms with Crippen LogP contribution in [0, 0.1) is 22.5 Å². The van der Waals surface area contributed by atoms with Crippen LogP contribution in [0.15, 0.2) is 41.3 Å². The first kappa shape index (κ1) is 16.2. The van der Waals surface area contributed by atoms with E-state index in [1.54, 1.807) is 6.08 Å². The minimum atomic E-state index is -4.04. The smallest absolute Gasteiger partial charge is 0.258 e. The van der Waals surface area contributed by atoms with Gasteiger partial charge in [0.2, 0.25) is 0 Å². The van der Waals surface area contributed by atoms with E-state index in [1.165, 1.54) is 24.3 Å². The molecule has 0 amide bonds. The molecule has 7 heteroatoms. The molecule has 0 bridgehead atoms. The third-order valence-electron chi connectivity index (χ3n) is 3.49. The summed E-state index contributed by atoms with van der Waals surface area (Å²) in [5.41, 5.74) is -0.440. The fraction of sp³-hybridized carbons (Fsp3) is 0.333. The van der Waals surface area contributed by atoms with Gasteiger partial charge in [-0.25, -0.2) is 8.42 Å². The summed E-state index contributed by atoms with van der Waals surface area (Å²) in [7, 11) is -4.04. The Hall–Kier alpha value is -2.17. The Labute approximate surface area is 129 Å². The van der Waals surface area contributed by atoms with Gasteiger partial charge >= 0.3 is 0 Å². The second kappa shape index (κ2) is 6.73. The summed E-state index contributed by atoms with van der Waals surface area (Å²) < 4.78 is 26.8. The number of hydrogen-bond acceptors (Lipinski definition) is 4. The number of para-hydroxylation sites is 1. The van der Waals surface area contributed by atoms with Crippen molar-refractivity contribution in [2.45, 2.75) is 30.2 Å². The van der Waals surface area contributed by atoms with Gasteiger partial charge in [0.15, 0.2) is 4.90 Å². The number of nitrogens with zero attached hydrogens (tertiary/aromatic N) is 2. The van der Waals surface area contributed by atoms with Crippen LogP contribution in [0.2, 0.25) is 0 Å². The van der Waals surface area contributed by atoms with E-state index in [0.717, 1.165) is 17.1 Å². The number of benzene rings is 1. The van der Waals surface area contributed by atoms with Crippen molar-refractivity contribution in [1.29, 1.82) is 0 Å². The standard InChI is InChI=1S/C15H16N2O4S/c1-2-12-16(13-8-4-3-5-9-13)22(20,21)15-11-7-6-10-14(15)17(18)19/h1,4,6-8,10-11,13H,3,5,9,12H2. The fourth-order valence-electron chi connectivity index (χ4n) is 2.46. The van der Waals surface area contributed by atoms with Crippen molar-refractivity contribution in [3.8, 4) is 12.3 Å². The van der Waals surface area contributed by atoms with Gasteiger partial charge in [-0.2, -0.15) is 4.31 Å². The third-order valence-corrected chi connectivity index (χ3v) is 5.41. The summed E-state index contributed by atoms with van der Waals surface area (Å²) in [6.45, 7) is -0.122. The van der Waals surface area contributed by atoms with Crippen LogP contribution in [-0.4, -0.2) is 30.2 Å². The molecular weight excluding hydrogens is 304 g/mol. The summed E-state index contributed by atoms with van der Waals surface area (Å²) in [6, 6.07) is 4.95. The lowest BCUT2D eigenvalue weighted by Crippen LogP contribution is -2.40. The fourth-order valence-corrected chi connectivity index (χ4v) is 4.14. The van der Waals surface area contributed by atoms with Crippen molar-refractivity contribution >= 4 is 15.7 Å². The zero-order chi connectivity index (χ0) is 16.2. The predicted octanol–water partition coefficient (Wildman–Crippen LogP) is 2.33. The predicted molar refractivity (Wildman–Crippen MR) is 82.6 cm³/mol. The summed E-state index contributed by atoms with van der Waals surface area (Å²) >= 11 is 0.